The summed E-state index contributed by atoms with van der Waals surface area (Å²) in [5.41, 5.74) is 12.9. The van der Waals surface area contributed by atoms with Crippen molar-refractivity contribution in [3.8, 4) is 28.2 Å². The number of rotatable bonds is 3. The Morgan fingerprint density at radius 3 is 1.69 bits per heavy atom. The number of nitrogens with zero attached hydrogens (tertiary/aromatic N) is 4. The van der Waals surface area contributed by atoms with E-state index in [4.69, 9.17) is 9.97 Å². The molecule has 8 aromatic carbocycles. The molecule has 0 spiro atoms. The predicted octanol–water partition coefficient (Wildman–Crippen LogP) is 12.4. The molecule has 0 N–H and O–H groups in total. The Labute approximate surface area is 297 Å². The zero-order valence-corrected chi connectivity index (χ0v) is 28.0. The molecular weight excluding hydrogens is 633 g/mol. The van der Waals surface area contributed by atoms with Crippen LogP contribution in [0, 0.1) is 0 Å². The van der Waals surface area contributed by atoms with Crippen LogP contribution in [0.5, 0.6) is 0 Å². The highest BCUT2D eigenvalue weighted by molar-refractivity contribution is 6.36. The van der Waals surface area contributed by atoms with Crippen LogP contribution in [-0.2, 0) is 0 Å². The molecule has 4 nitrogen and oxygen atoms in total. The molecule has 4 heterocycles. The normalized spacial score (nSPS) is 12.2. The van der Waals surface area contributed by atoms with E-state index in [1.54, 1.807) is 0 Å². The van der Waals surface area contributed by atoms with Crippen molar-refractivity contribution in [3.63, 3.8) is 0 Å². The minimum absolute atomic E-state index is 0.879. The van der Waals surface area contributed by atoms with Crippen LogP contribution in [0.2, 0.25) is 0 Å². The van der Waals surface area contributed by atoms with Crippen LogP contribution in [0.1, 0.15) is 0 Å². The molecule has 0 aliphatic carbocycles. The fourth-order valence-corrected chi connectivity index (χ4v) is 8.79. The first-order chi connectivity index (χ1) is 25.8. The van der Waals surface area contributed by atoms with Gasteiger partial charge in [-0.25, -0.2) is 9.97 Å². The average Bonchev–Trinajstić information content (AvgIpc) is 3.85. The molecule has 52 heavy (non-hydrogen) atoms. The van der Waals surface area contributed by atoms with Crippen LogP contribution in [0.15, 0.2) is 170 Å². The maximum Gasteiger partial charge on any atom is 0.0973 e. The third-order valence-corrected chi connectivity index (χ3v) is 11.0. The van der Waals surface area contributed by atoms with E-state index in [1.165, 1.54) is 70.7 Å². The molecule has 0 amide bonds. The van der Waals surface area contributed by atoms with E-state index in [1.807, 2.05) is 30.3 Å². The van der Waals surface area contributed by atoms with Crippen molar-refractivity contribution >= 4 is 81.7 Å². The predicted molar refractivity (Wildman–Crippen MR) is 217 cm³/mol. The number of hydrogen-bond donors (Lipinski definition) is 0. The van der Waals surface area contributed by atoms with Gasteiger partial charge in [-0.3, -0.25) is 0 Å². The molecule has 0 saturated carbocycles. The Hall–Kier alpha value is -7.04. The van der Waals surface area contributed by atoms with E-state index >= 15 is 0 Å². The van der Waals surface area contributed by atoms with E-state index in [9.17, 15) is 0 Å². The molecule has 0 radical (unpaired) electrons. The van der Waals surface area contributed by atoms with Crippen LogP contribution < -0.4 is 0 Å². The van der Waals surface area contributed by atoms with E-state index in [-0.39, 0.29) is 0 Å². The summed E-state index contributed by atoms with van der Waals surface area (Å²) in [6, 6.07) is 60.9. The Morgan fingerprint density at radius 1 is 0.365 bits per heavy atom. The van der Waals surface area contributed by atoms with Crippen LogP contribution in [0.3, 0.4) is 0 Å². The van der Waals surface area contributed by atoms with Gasteiger partial charge in [0.05, 0.1) is 50.0 Å². The minimum Gasteiger partial charge on any atom is -0.309 e. The molecule has 0 unspecified atom stereocenters. The highest BCUT2D eigenvalue weighted by Crippen LogP contribution is 2.47. The number of para-hydroxylation sites is 4. The van der Waals surface area contributed by atoms with E-state index < -0.39 is 0 Å². The molecule has 0 aliphatic rings. The fraction of sp³-hybridized carbons (Fsp3) is 0. The quantitative estimate of drug-likeness (QED) is 0.189. The first-order valence-corrected chi connectivity index (χ1v) is 17.8. The smallest absolute Gasteiger partial charge is 0.0973 e. The van der Waals surface area contributed by atoms with Gasteiger partial charge in [-0.1, -0.05) is 127 Å². The van der Waals surface area contributed by atoms with E-state index in [0.29, 0.717) is 0 Å². The summed E-state index contributed by atoms with van der Waals surface area (Å²) < 4.78 is 4.99. The fourth-order valence-electron chi connectivity index (χ4n) is 8.79. The number of fused-ring (bicyclic) bond motifs is 13. The summed E-state index contributed by atoms with van der Waals surface area (Å²) in [6.45, 7) is 0. The van der Waals surface area contributed by atoms with Crippen molar-refractivity contribution in [1.82, 2.24) is 18.9 Å². The van der Waals surface area contributed by atoms with Crippen LogP contribution >= 0.6 is 0 Å². The standard InChI is InChI=1S/C48H28N4/c1-2-13-30(14-3-1)44-45(50-40-19-9-8-18-39(40)49-44)31-22-25-32(26-23-31)51-41-20-10-6-16-34(41)37-28-38-35-17-7-11-21-42(35)52-46-33-15-5-4-12-29(33)24-27-36(46)43(47(37)51)48(38)52/h1-28H. The van der Waals surface area contributed by atoms with E-state index in [0.717, 1.165) is 39.2 Å². The summed E-state index contributed by atoms with van der Waals surface area (Å²) in [7, 11) is 0. The molecule has 0 aliphatic heterocycles. The SMILES string of the molecule is c1ccc(-c2nc3ccccc3nc2-c2ccc(-n3c4ccccc4c4cc5c6ccccc6n6c7c8ccccc8ccc7c(c43)c56)cc2)cc1. The van der Waals surface area contributed by atoms with Crippen molar-refractivity contribution in [3.05, 3.63) is 170 Å². The second kappa shape index (κ2) is 10.3. The Morgan fingerprint density at radius 2 is 0.942 bits per heavy atom. The third kappa shape index (κ3) is 3.65. The lowest BCUT2D eigenvalue weighted by atomic mass is 10.0. The zero-order chi connectivity index (χ0) is 33.9. The highest BCUT2D eigenvalue weighted by Gasteiger charge is 2.25. The Bertz CT molecular complexity index is 3390. The second-order valence-corrected chi connectivity index (χ2v) is 13.8. The lowest BCUT2D eigenvalue weighted by Gasteiger charge is -2.13. The topological polar surface area (TPSA) is 35.1 Å². The van der Waals surface area contributed by atoms with Crippen LogP contribution in [-0.4, -0.2) is 18.9 Å². The first kappa shape index (κ1) is 27.7. The third-order valence-electron chi connectivity index (χ3n) is 11.0. The highest BCUT2D eigenvalue weighted by atomic mass is 15.0. The van der Waals surface area contributed by atoms with Crippen molar-refractivity contribution in [2.45, 2.75) is 0 Å². The summed E-state index contributed by atoms with van der Waals surface area (Å²) in [5.74, 6) is 0. The molecule has 0 atom stereocenters. The lowest BCUT2D eigenvalue weighted by molar-refractivity contribution is 1.19. The van der Waals surface area contributed by atoms with Gasteiger partial charge >= 0.3 is 0 Å². The van der Waals surface area contributed by atoms with Gasteiger partial charge in [0.2, 0.25) is 0 Å². The number of hydrogen-bond acceptors (Lipinski definition) is 2. The summed E-state index contributed by atoms with van der Waals surface area (Å²) in [5, 5.41) is 10.2. The molecule has 0 bridgehead atoms. The average molecular weight is 661 g/mol. The second-order valence-electron chi connectivity index (χ2n) is 13.8. The largest absolute Gasteiger partial charge is 0.309 e. The number of benzene rings is 8. The van der Waals surface area contributed by atoms with Gasteiger partial charge in [-0.2, -0.15) is 0 Å². The molecule has 0 saturated heterocycles. The maximum absolute atomic E-state index is 5.18. The van der Waals surface area contributed by atoms with Crippen molar-refractivity contribution in [2.75, 3.05) is 0 Å². The van der Waals surface area contributed by atoms with Crippen LogP contribution in [0.25, 0.3) is 110 Å². The summed E-state index contributed by atoms with van der Waals surface area (Å²) >= 11 is 0. The van der Waals surface area contributed by atoms with Gasteiger partial charge in [-0.15, -0.1) is 0 Å². The molecular formula is C48H28N4. The number of aromatic nitrogens is 4. The molecule has 4 heteroatoms. The molecule has 0 fully saturated rings. The van der Waals surface area contributed by atoms with Gasteiger partial charge in [0.15, 0.2) is 0 Å². The van der Waals surface area contributed by atoms with Crippen LogP contribution in [0.4, 0.5) is 0 Å². The van der Waals surface area contributed by atoms with Gasteiger partial charge in [0.1, 0.15) is 0 Å². The molecule has 12 aromatic rings. The first-order valence-electron chi connectivity index (χ1n) is 17.8. The van der Waals surface area contributed by atoms with Crippen molar-refractivity contribution in [2.24, 2.45) is 0 Å². The zero-order valence-electron chi connectivity index (χ0n) is 28.0. The summed E-state index contributed by atoms with van der Waals surface area (Å²) in [4.78, 5) is 10.3. The van der Waals surface area contributed by atoms with E-state index in [2.05, 4.69) is 148 Å². The molecule has 240 valence electrons. The minimum atomic E-state index is 0.879. The summed E-state index contributed by atoms with van der Waals surface area (Å²) in [6.07, 6.45) is 0. The van der Waals surface area contributed by atoms with Gasteiger partial charge in [0, 0.05) is 54.5 Å². The van der Waals surface area contributed by atoms with Gasteiger partial charge < -0.3 is 8.97 Å². The Kier molecular flexibility index (Phi) is 5.47. The lowest BCUT2D eigenvalue weighted by Crippen LogP contribution is -1.97. The van der Waals surface area contributed by atoms with Gasteiger partial charge in [0.25, 0.3) is 0 Å². The maximum atomic E-state index is 5.18. The monoisotopic (exact) mass is 660 g/mol. The molecule has 4 aromatic heterocycles. The molecule has 12 rings (SSSR count). The van der Waals surface area contributed by atoms with Crippen molar-refractivity contribution in [1.29, 1.82) is 0 Å². The van der Waals surface area contributed by atoms with Crippen molar-refractivity contribution < 1.29 is 0 Å². The Balaban J connectivity index is 1.18. The van der Waals surface area contributed by atoms with Gasteiger partial charge in [-0.05, 0) is 47.9 Å².